The zero-order valence-corrected chi connectivity index (χ0v) is 19.3. The van der Waals surface area contributed by atoms with Gasteiger partial charge in [-0.25, -0.2) is 9.67 Å². The van der Waals surface area contributed by atoms with E-state index in [9.17, 15) is 10.1 Å². The van der Waals surface area contributed by atoms with Crippen LogP contribution in [-0.4, -0.2) is 22.6 Å². The highest BCUT2D eigenvalue weighted by atomic mass is 32.1. The van der Waals surface area contributed by atoms with E-state index < -0.39 is 4.92 Å². The van der Waals surface area contributed by atoms with Crippen molar-refractivity contribution in [2.24, 2.45) is 10.1 Å². The van der Waals surface area contributed by atoms with Gasteiger partial charge in [0.2, 0.25) is 11.6 Å². The van der Waals surface area contributed by atoms with Crippen molar-refractivity contribution in [3.63, 3.8) is 0 Å². The zero-order chi connectivity index (χ0) is 23.7. The number of hydrogen-bond donors (Lipinski definition) is 0. The van der Waals surface area contributed by atoms with E-state index in [0.29, 0.717) is 16.3 Å². The molecule has 8 nitrogen and oxygen atoms in total. The summed E-state index contributed by atoms with van der Waals surface area (Å²) in [5.41, 5.74) is 5.64. The van der Waals surface area contributed by atoms with Gasteiger partial charge >= 0.3 is 0 Å². The third kappa shape index (κ3) is 4.33. The molecule has 2 heterocycles. The van der Waals surface area contributed by atoms with E-state index in [0.717, 1.165) is 28.1 Å². The van der Waals surface area contributed by atoms with Crippen molar-refractivity contribution in [3.05, 3.63) is 97.6 Å². The van der Waals surface area contributed by atoms with Crippen LogP contribution in [0.4, 0.5) is 11.4 Å². The van der Waals surface area contributed by atoms with E-state index >= 15 is 0 Å². The summed E-state index contributed by atoms with van der Waals surface area (Å²) in [4.78, 5) is 16.1. The van der Waals surface area contributed by atoms with Gasteiger partial charge < -0.3 is 9.47 Å². The monoisotopic (exact) mass is 472 g/mol. The summed E-state index contributed by atoms with van der Waals surface area (Å²) < 4.78 is 12.6. The maximum absolute atomic E-state index is 11.1. The number of non-ortho nitro benzene ring substituents is 1. The van der Waals surface area contributed by atoms with Gasteiger partial charge in [0, 0.05) is 23.1 Å². The van der Waals surface area contributed by atoms with Crippen LogP contribution in [0.25, 0.3) is 11.3 Å². The molecule has 0 bridgehead atoms. The number of fused-ring (bicyclic) bond motifs is 1. The van der Waals surface area contributed by atoms with Crippen LogP contribution >= 0.6 is 11.3 Å². The number of nitro benzene ring substituents is 1. The summed E-state index contributed by atoms with van der Waals surface area (Å²) in [5, 5.41) is 17.7. The maximum atomic E-state index is 11.1. The summed E-state index contributed by atoms with van der Waals surface area (Å²) >= 11 is 1.45. The molecule has 170 valence electrons. The van der Waals surface area contributed by atoms with E-state index in [1.807, 2.05) is 41.8 Å². The molecular formula is C25H20N4O4S. The minimum atomic E-state index is -0.413. The highest BCUT2D eigenvalue weighted by Crippen LogP contribution is 2.32. The van der Waals surface area contributed by atoms with Crippen LogP contribution in [-0.2, 0) is 0 Å². The highest BCUT2D eigenvalue weighted by Gasteiger charge is 2.13. The Bertz CT molecular complexity index is 1490. The molecule has 0 atom stereocenters. The van der Waals surface area contributed by atoms with E-state index in [1.165, 1.54) is 29.0 Å². The largest absolute Gasteiger partial charge is 0.454 e. The SMILES string of the molecule is Cc1ccc(N=c2scc(-c3ccc([N+](=O)[O-])cc3)n2N=Cc2ccc3c(c2)OCO3)cc1C. The highest BCUT2D eigenvalue weighted by molar-refractivity contribution is 7.07. The van der Waals surface area contributed by atoms with Gasteiger partial charge in [0.05, 0.1) is 22.5 Å². The van der Waals surface area contributed by atoms with E-state index in [2.05, 4.69) is 13.8 Å². The summed E-state index contributed by atoms with van der Waals surface area (Å²) in [5.74, 6) is 1.38. The standard InChI is InChI=1S/C25H20N4O4S/c1-16-3-7-20(11-17(16)2)27-25-28(26-13-18-4-10-23-24(12-18)33-15-32-23)22(14-34-25)19-5-8-21(9-6-19)29(30)31/h3-14H,15H2,1-2H3. The Labute approximate surface area is 199 Å². The molecule has 3 aromatic carbocycles. The lowest BCUT2D eigenvalue weighted by atomic mass is 10.1. The van der Waals surface area contributed by atoms with Gasteiger partial charge in [-0.15, -0.1) is 11.3 Å². The zero-order valence-electron chi connectivity index (χ0n) is 18.5. The molecule has 1 aliphatic rings. The third-order valence-electron chi connectivity index (χ3n) is 5.49. The van der Waals surface area contributed by atoms with Gasteiger partial charge in [-0.05, 0) is 73.0 Å². The number of hydrogen-bond acceptors (Lipinski definition) is 7. The minimum absolute atomic E-state index is 0.0365. The Morgan fingerprint density at radius 1 is 1.00 bits per heavy atom. The second-order valence-electron chi connectivity index (χ2n) is 7.76. The molecule has 9 heteroatoms. The van der Waals surface area contributed by atoms with Crippen LogP contribution in [0.5, 0.6) is 11.5 Å². The van der Waals surface area contributed by atoms with Gasteiger partial charge in [-0.3, -0.25) is 10.1 Å². The summed E-state index contributed by atoms with van der Waals surface area (Å²) in [6, 6.07) is 18.1. The molecule has 0 saturated carbocycles. The topological polar surface area (TPSA) is 91.2 Å². The number of aromatic nitrogens is 1. The van der Waals surface area contributed by atoms with Gasteiger partial charge in [-0.1, -0.05) is 6.07 Å². The Morgan fingerprint density at radius 3 is 2.56 bits per heavy atom. The number of aryl methyl sites for hydroxylation is 2. The predicted molar refractivity (Wildman–Crippen MR) is 131 cm³/mol. The lowest BCUT2D eigenvalue weighted by molar-refractivity contribution is -0.384. The van der Waals surface area contributed by atoms with Gasteiger partial charge in [-0.2, -0.15) is 5.10 Å². The van der Waals surface area contributed by atoms with Crippen molar-refractivity contribution in [2.75, 3.05) is 6.79 Å². The van der Waals surface area contributed by atoms with Crippen LogP contribution in [0.1, 0.15) is 16.7 Å². The van der Waals surface area contributed by atoms with Crippen molar-refractivity contribution in [1.82, 2.24) is 4.68 Å². The Morgan fingerprint density at radius 2 is 1.79 bits per heavy atom. The number of nitrogens with zero attached hydrogens (tertiary/aromatic N) is 4. The average Bonchev–Trinajstić information content (AvgIpc) is 3.46. The van der Waals surface area contributed by atoms with E-state index in [1.54, 1.807) is 23.0 Å². The molecular weight excluding hydrogens is 452 g/mol. The average molecular weight is 473 g/mol. The molecule has 0 amide bonds. The molecule has 5 rings (SSSR count). The van der Waals surface area contributed by atoms with Gasteiger partial charge in [0.15, 0.2) is 11.5 Å². The van der Waals surface area contributed by atoms with E-state index in [-0.39, 0.29) is 12.5 Å². The number of nitro groups is 1. The molecule has 0 saturated heterocycles. The first-order valence-electron chi connectivity index (χ1n) is 10.5. The third-order valence-corrected chi connectivity index (χ3v) is 6.31. The Kier molecular flexibility index (Phi) is 5.69. The molecule has 4 aromatic rings. The summed E-state index contributed by atoms with van der Waals surface area (Å²) in [6.45, 7) is 4.32. The Hall–Kier alpha value is -4.24. The maximum Gasteiger partial charge on any atom is 0.269 e. The first-order chi connectivity index (χ1) is 16.5. The van der Waals surface area contributed by atoms with Crippen LogP contribution < -0.4 is 14.3 Å². The van der Waals surface area contributed by atoms with E-state index in [4.69, 9.17) is 19.6 Å². The lowest BCUT2D eigenvalue weighted by Gasteiger charge is -2.05. The summed E-state index contributed by atoms with van der Waals surface area (Å²) in [6.07, 6.45) is 1.73. The number of thiazole rings is 1. The van der Waals surface area contributed by atoms with Gasteiger partial charge in [0.1, 0.15) is 0 Å². The fourth-order valence-electron chi connectivity index (χ4n) is 3.46. The summed E-state index contributed by atoms with van der Waals surface area (Å²) in [7, 11) is 0. The number of rotatable bonds is 5. The molecule has 0 spiro atoms. The molecule has 0 aliphatic carbocycles. The van der Waals surface area contributed by atoms with Gasteiger partial charge in [0.25, 0.3) is 5.69 Å². The van der Waals surface area contributed by atoms with Crippen molar-refractivity contribution in [1.29, 1.82) is 0 Å². The van der Waals surface area contributed by atoms with Crippen molar-refractivity contribution in [3.8, 4) is 22.8 Å². The normalized spacial score (nSPS) is 13.1. The first kappa shape index (κ1) is 21.6. The second-order valence-corrected chi connectivity index (χ2v) is 8.59. The van der Waals surface area contributed by atoms with Crippen molar-refractivity contribution >= 4 is 28.9 Å². The van der Waals surface area contributed by atoms with Crippen molar-refractivity contribution in [2.45, 2.75) is 13.8 Å². The lowest BCUT2D eigenvalue weighted by Crippen LogP contribution is -2.11. The number of benzene rings is 3. The van der Waals surface area contributed by atoms with Crippen LogP contribution in [0.3, 0.4) is 0 Å². The molecule has 0 unspecified atom stereocenters. The molecule has 0 N–H and O–H groups in total. The second kappa shape index (κ2) is 8.95. The smallest absolute Gasteiger partial charge is 0.269 e. The number of ether oxygens (including phenoxy) is 2. The van der Waals surface area contributed by atoms with Crippen molar-refractivity contribution < 1.29 is 14.4 Å². The quantitative estimate of drug-likeness (QED) is 0.215. The Balaban J connectivity index is 1.60. The minimum Gasteiger partial charge on any atom is -0.454 e. The molecule has 0 fully saturated rings. The fraction of sp³-hybridized carbons (Fsp3) is 0.120. The van der Waals surface area contributed by atoms with Crippen LogP contribution in [0, 0.1) is 24.0 Å². The molecule has 0 radical (unpaired) electrons. The molecule has 34 heavy (non-hydrogen) atoms. The molecule has 1 aliphatic heterocycles. The fourth-order valence-corrected chi connectivity index (χ4v) is 4.32. The predicted octanol–water partition coefficient (Wildman–Crippen LogP) is 5.58. The van der Waals surface area contributed by atoms with Crippen LogP contribution in [0.2, 0.25) is 0 Å². The molecule has 1 aromatic heterocycles. The first-order valence-corrected chi connectivity index (χ1v) is 11.4. The van der Waals surface area contributed by atoms with Crippen LogP contribution in [0.15, 0.2) is 76.1 Å².